The molecule has 2 aromatic rings. The van der Waals surface area contributed by atoms with Gasteiger partial charge in [-0.25, -0.2) is 0 Å². The van der Waals surface area contributed by atoms with Crippen molar-refractivity contribution in [2.75, 3.05) is 20.6 Å². The Morgan fingerprint density at radius 1 is 1.17 bits per heavy atom. The van der Waals surface area contributed by atoms with Crippen LogP contribution < -0.4 is 5.32 Å². The quantitative estimate of drug-likeness (QED) is 0.654. The third-order valence-corrected chi connectivity index (χ3v) is 3.76. The summed E-state index contributed by atoms with van der Waals surface area (Å²) in [5.74, 6) is -0.447. The number of benzene rings is 2. The highest BCUT2D eigenvalue weighted by atomic mass is 16.6. The van der Waals surface area contributed by atoms with E-state index in [-0.39, 0.29) is 17.3 Å². The molecule has 0 saturated heterocycles. The fraction of sp³-hybridized carbons (Fsp3) is 0.278. The molecule has 1 unspecified atom stereocenters. The number of hydrogen-bond acceptors (Lipinski definition) is 4. The van der Waals surface area contributed by atoms with Gasteiger partial charge in [-0.3, -0.25) is 14.9 Å². The van der Waals surface area contributed by atoms with Gasteiger partial charge in [-0.05, 0) is 38.2 Å². The van der Waals surface area contributed by atoms with Crippen molar-refractivity contribution >= 4 is 11.6 Å². The number of nitro groups is 1. The van der Waals surface area contributed by atoms with Gasteiger partial charge in [0.2, 0.25) is 0 Å². The van der Waals surface area contributed by atoms with E-state index in [1.165, 1.54) is 12.1 Å². The Morgan fingerprint density at radius 2 is 1.79 bits per heavy atom. The minimum atomic E-state index is -0.538. The molecule has 1 atom stereocenters. The van der Waals surface area contributed by atoms with Crippen LogP contribution in [0.2, 0.25) is 0 Å². The highest BCUT2D eigenvalue weighted by molar-refractivity contribution is 5.98. The van der Waals surface area contributed by atoms with Crippen LogP contribution in [0.15, 0.2) is 48.5 Å². The largest absolute Gasteiger partial charge is 0.344 e. The maximum Gasteiger partial charge on any atom is 0.282 e. The number of rotatable bonds is 6. The summed E-state index contributed by atoms with van der Waals surface area (Å²) < 4.78 is 0. The average molecular weight is 327 g/mol. The van der Waals surface area contributed by atoms with Crippen molar-refractivity contribution in [3.05, 3.63) is 75.3 Å². The van der Waals surface area contributed by atoms with E-state index < -0.39 is 10.8 Å². The SMILES string of the molecule is Cc1ccccc1C(CN(C)C)NC(=O)c1ccccc1[N+](=O)[O-]. The van der Waals surface area contributed by atoms with E-state index in [4.69, 9.17) is 0 Å². The van der Waals surface area contributed by atoms with E-state index in [0.29, 0.717) is 6.54 Å². The predicted molar refractivity (Wildman–Crippen MR) is 93.0 cm³/mol. The Hall–Kier alpha value is -2.73. The van der Waals surface area contributed by atoms with E-state index in [0.717, 1.165) is 11.1 Å². The van der Waals surface area contributed by atoms with E-state index in [9.17, 15) is 14.9 Å². The molecule has 0 bridgehead atoms. The van der Waals surface area contributed by atoms with Gasteiger partial charge in [0.05, 0.1) is 11.0 Å². The van der Waals surface area contributed by atoms with Gasteiger partial charge in [0, 0.05) is 12.6 Å². The van der Waals surface area contributed by atoms with Crippen molar-refractivity contribution in [2.24, 2.45) is 0 Å². The third kappa shape index (κ3) is 4.17. The molecule has 0 heterocycles. The lowest BCUT2D eigenvalue weighted by atomic mass is 10.0. The Kier molecular flexibility index (Phi) is 5.65. The Labute approximate surface area is 141 Å². The summed E-state index contributed by atoms with van der Waals surface area (Å²) in [6, 6.07) is 13.5. The standard InChI is InChI=1S/C18H21N3O3/c1-13-8-4-5-9-14(13)16(12-20(2)3)19-18(22)15-10-6-7-11-17(15)21(23)24/h4-11,16H,12H2,1-3H3,(H,19,22). The molecule has 0 fully saturated rings. The van der Waals surface area contributed by atoms with Crippen molar-refractivity contribution in [1.29, 1.82) is 0 Å². The molecular formula is C18H21N3O3. The maximum atomic E-state index is 12.6. The smallest absolute Gasteiger partial charge is 0.282 e. The lowest BCUT2D eigenvalue weighted by Gasteiger charge is -2.24. The fourth-order valence-electron chi connectivity index (χ4n) is 2.63. The first-order valence-electron chi connectivity index (χ1n) is 7.64. The summed E-state index contributed by atoms with van der Waals surface area (Å²) in [4.78, 5) is 25.2. The number of para-hydroxylation sites is 1. The second-order valence-electron chi connectivity index (χ2n) is 5.92. The summed E-state index contributed by atoms with van der Waals surface area (Å²) in [6.45, 7) is 2.58. The van der Waals surface area contributed by atoms with Crippen molar-refractivity contribution in [1.82, 2.24) is 10.2 Å². The van der Waals surface area contributed by atoms with Crippen LogP contribution in [0.25, 0.3) is 0 Å². The summed E-state index contributed by atoms with van der Waals surface area (Å²) in [5, 5.41) is 14.1. The normalized spacial score (nSPS) is 12.0. The summed E-state index contributed by atoms with van der Waals surface area (Å²) in [6.07, 6.45) is 0. The second-order valence-corrected chi connectivity index (χ2v) is 5.92. The van der Waals surface area contributed by atoms with Crippen LogP contribution in [-0.2, 0) is 0 Å². The molecule has 1 N–H and O–H groups in total. The fourth-order valence-corrected chi connectivity index (χ4v) is 2.63. The summed E-state index contributed by atoms with van der Waals surface area (Å²) in [5.41, 5.74) is 1.94. The van der Waals surface area contributed by atoms with Crippen LogP contribution in [-0.4, -0.2) is 36.4 Å². The zero-order valence-electron chi connectivity index (χ0n) is 14.0. The van der Waals surface area contributed by atoms with Crippen LogP contribution in [0.4, 0.5) is 5.69 Å². The van der Waals surface area contributed by atoms with Gasteiger partial charge in [0.1, 0.15) is 5.56 Å². The highest BCUT2D eigenvalue weighted by Gasteiger charge is 2.23. The number of hydrogen-bond donors (Lipinski definition) is 1. The van der Waals surface area contributed by atoms with Gasteiger partial charge in [-0.2, -0.15) is 0 Å². The van der Waals surface area contributed by atoms with Crippen molar-refractivity contribution in [2.45, 2.75) is 13.0 Å². The van der Waals surface area contributed by atoms with E-state index in [1.807, 2.05) is 50.2 Å². The van der Waals surface area contributed by atoms with Gasteiger partial charge < -0.3 is 10.2 Å². The number of nitrogens with zero attached hydrogens (tertiary/aromatic N) is 2. The van der Waals surface area contributed by atoms with Crippen LogP contribution in [0.1, 0.15) is 27.5 Å². The zero-order valence-corrected chi connectivity index (χ0v) is 14.0. The third-order valence-electron chi connectivity index (χ3n) is 3.76. The van der Waals surface area contributed by atoms with Crippen LogP contribution >= 0.6 is 0 Å². The topological polar surface area (TPSA) is 75.5 Å². The lowest BCUT2D eigenvalue weighted by molar-refractivity contribution is -0.385. The van der Waals surface area contributed by atoms with Gasteiger partial charge in [0.15, 0.2) is 0 Å². The van der Waals surface area contributed by atoms with E-state index in [1.54, 1.807) is 12.1 Å². The number of nitrogens with one attached hydrogen (secondary N) is 1. The number of nitro benzene ring substituents is 1. The maximum absolute atomic E-state index is 12.6. The number of carbonyl (C=O) groups excluding carboxylic acids is 1. The zero-order chi connectivity index (χ0) is 17.7. The molecule has 24 heavy (non-hydrogen) atoms. The number of amides is 1. The average Bonchev–Trinajstić information content (AvgIpc) is 2.54. The van der Waals surface area contributed by atoms with E-state index in [2.05, 4.69) is 5.32 Å². The van der Waals surface area contributed by atoms with Crippen molar-refractivity contribution < 1.29 is 9.72 Å². The lowest BCUT2D eigenvalue weighted by Crippen LogP contribution is -2.36. The first-order chi connectivity index (χ1) is 11.4. The molecule has 6 nitrogen and oxygen atoms in total. The molecule has 2 aromatic carbocycles. The Morgan fingerprint density at radius 3 is 2.42 bits per heavy atom. The Bertz CT molecular complexity index is 744. The summed E-state index contributed by atoms with van der Waals surface area (Å²) in [7, 11) is 3.84. The molecule has 0 aliphatic rings. The minimum Gasteiger partial charge on any atom is -0.344 e. The monoisotopic (exact) mass is 327 g/mol. The first-order valence-corrected chi connectivity index (χ1v) is 7.64. The van der Waals surface area contributed by atoms with Gasteiger partial charge in [-0.1, -0.05) is 36.4 Å². The van der Waals surface area contributed by atoms with Crippen molar-refractivity contribution in [3.8, 4) is 0 Å². The van der Waals surface area contributed by atoms with Crippen LogP contribution in [0.5, 0.6) is 0 Å². The molecule has 2 rings (SSSR count). The number of likely N-dealkylation sites (N-methyl/N-ethyl adjacent to an activating group) is 1. The first kappa shape index (κ1) is 17.6. The molecule has 0 saturated carbocycles. The molecule has 1 amide bonds. The number of aryl methyl sites for hydroxylation is 1. The summed E-state index contributed by atoms with van der Waals surface area (Å²) >= 11 is 0. The highest BCUT2D eigenvalue weighted by Crippen LogP contribution is 2.22. The minimum absolute atomic E-state index is 0.0693. The van der Waals surface area contributed by atoms with E-state index >= 15 is 0 Å². The van der Waals surface area contributed by atoms with Gasteiger partial charge in [0.25, 0.3) is 11.6 Å². The van der Waals surface area contributed by atoms with Gasteiger partial charge in [-0.15, -0.1) is 0 Å². The molecule has 0 aromatic heterocycles. The molecule has 126 valence electrons. The molecule has 0 aliphatic heterocycles. The molecule has 6 heteroatoms. The van der Waals surface area contributed by atoms with Crippen molar-refractivity contribution in [3.63, 3.8) is 0 Å². The van der Waals surface area contributed by atoms with Crippen LogP contribution in [0.3, 0.4) is 0 Å². The molecule has 0 spiro atoms. The van der Waals surface area contributed by atoms with Gasteiger partial charge >= 0.3 is 0 Å². The predicted octanol–water partition coefficient (Wildman–Crippen LogP) is 2.94. The molecule has 0 aliphatic carbocycles. The Balaban J connectivity index is 2.32. The molecule has 0 radical (unpaired) electrons. The molecular weight excluding hydrogens is 306 g/mol. The van der Waals surface area contributed by atoms with Crippen LogP contribution in [0, 0.1) is 17.0 Å². The second kappa shape index (κ2) is 7.70. The number of carbonyl (C=O) groups is 1.